The highest BCUT2D eigenvalue weighted by Gasteiger charge is 2.40. The van der Waals surface area contributed by atoms with E-state index in [0.29, 0.717) is 30.4 Å². The highest BCUT2D eigenvalue weighted by atomic mass is 16.4. The summed E-state index contributed by atoms with van der Waals surface area (Å²) in [4.78, 5) is 171. The van der Waals surface area contributed by atoms with E-state index in [1.807, 2.05) is 0 Å². The number of carboxylic acids is 1. The fourth-order valence-corrected chi connectivity index (χ4v) is 9.58. The highest BCUT2D eigenvalue weighted by molar-refractivity contribution is 5.99. The molecule has 2 fully saturated rings. The molecular weight excluding hydrogens is 1120 g/mol. The van der Waals surface area contributed by atoms with E-state index in [-0.39, 0.29) is 83.0 Å². The zero-order valence-corrected chi connectivity index (χ0v) is 47.5. The SMILES string of the molecule is NC(=O)CC[C@H](NC(=O)[C@H](Cc1ccccc1)NC(=O)[C@H](Cc1ccccc1)NC(=O)[C@H](CC(N)=O)NC(=O)CNC(=O)[C@@H]1CCCN1C(=O)[C@@H](N)CCCN=C(N)N)C(=O)N[C@@H](CO)C(=O)N[C@@H](CCCN=C(N)N)C(=O)N1CCC[C@H]1C(=O)O. The minimum Gasteiger partial charge on any atom is -0.480 e. The lowest BCUT2D eigenvalue weighted by molar-refractivity contribution is -0.149. The van der Waals surface area contributed by atoms with Gasteiger partial charge in [-0.05, 0) is 68.9 Å². The third kappa shape index (κ3) is 22.9. The van der Waals surface area contributed by atoms with Crippen LogP contribution >= 0.6 is 0 Å². The predicted octanol–water partition coefficient (Wildman–Crippen LogP) is -6.87. The first kappa shape index (κ1) is 69.0. The predicted molar refractivity (Wildman–Crippen MR) is 309 cm³/mol. The standard InChI is InChI=1S/C54H80N18O14/c55-32(15-7-21-62-53(58)59)50(83)71-23-9-17-39(71)49(82)64-28-43(76)65-37(27-42(57)75)47(80)69-36(26-31-13-5-2-6-14-31)46(79)68-35(25-30-11-3-1-4-12-30)45(78)66-33(19-20-41(56)74)44(77)70-38(29-73)48(81)67-34(16-8-22-63-54(60)61)51(84)72-24-10-18-40(72)52(85)86/h1-6,11-14,32-40,73H,7-10,15-29,55H2,(H2,56,74)(H2,57,75)(H,64,82)(H,65,76)(H,66,78)(H,67,81)(H,68,79)(H,69,80)(H,70,77)(H,85,86)(H4,58,59,62)(H4,60,61,63)/t32-,33-,34-,35-,36-,37-,38-,39-,40-/m0/s1. The van der Waals surface area contributed by atoms with Gasteiger partial charge < -0.3 is 97.4 Å². The topological polar surface area (TPSA) is 543 Å². The van der Waals surface area contributed by atoms with Gasteiger partial charge in [0, 0.05) is 45.4 Å². The molecule has 32 nitrogen and oxygen atoms in total. The number of likely N-dealkylation sites (tertiary alicyclic amines) is 2. The van der Waals surface area contributed by atoms with Crippen molar-refractivity contribution < 1.29 is 67.7 Å². The Labute approximate surface area is 495 Å². The average Bonchev–Trinajstić information content (AvgIpc) is 3.77. The number of carbonyl (C=O) groups is 12. The molecule has 2 aliphatic rings. The number of primary amides is 2. The van der Waals surface area contributed by atoms with E-state index in [9.17, 15) is 67.7 Å². The molecule has 11 amide bonds. The van der Waals surface area contributed by atoms with Crippen LogP contribution in [0, 0.1) is 0 Å². The number of carbonyl (C=O) groups excluding carboxylic acids is 11. The van der Waals surface area contributed by atoms with Crippen molar-refractivity contribution in [3.63, 3.8) is 0 Å². The number of nitrogens with zero attached hydrogens (tertiary/aromatic N) is 4. The van der Waals surface area contributed by atoms with Gasteiger partial charge in [0.2, 0.25) is 65.0 Å². The maximum Gasteiger partial charge on any atom is 0.326 e. The lowest BCUT2D eigenvalue weighted by atomic mass is 10.0. The van der Waals surface area contributed by atoms with Gasteiger partial charge in [0.15, 0.2) is 11.9 Å². The molecule has 0 unspecified atom stereocenters. The van der Waals surface area contributed by atoms with Gasteiger partial charge in [0.25, 0.3) is 0 Å². The molecule has 2 aromatic carbocycles. The summed E-state index contributed by atoms with van der Waals surface area (Å²) >= 11 is 0. The fraction of sp³-hybridized carbons (Fsp3) is 0.519. The van der Waals surface area contributed by atoms with Crippen LogP contribution in [0.3, 0.4) is 0 Å². The molecule has 32 heteroatoms. The van der Waals surface area contributed by atoms with E-state index in [1.165, 1.54) is 4.90 Å². The maximum atomic E-state index is 14.6. The molecule has 2 aromatic rings. The average molecular weight is 1210 g/mol. The maximum absolute atomic E-state index is 14.6. The van der Waals surface area contributed by atoms with E-state index in [2.05, 4.69) is 47.2 Å². The molecule has 86 heavy (non-hydrogen) atoms. The van der Waals surface area contributed by atoms with Crippen molar-refractivity contribution >= 4 is 82.9 Å². The van der Waals surface area contributed by atoms with Crippen LogP contribution in [0.25, 0.3) is 0 Å². The summed E-state index contributed by atoms with van der Waals surface area (Å²) in [6.07, 6.45) is -0.344. The molecule has 0 spiro atoms. The zero-order chi connectivity index (χ0) is 63.5. The third-order valence-electron chi connectivity index (χ3n) is 13.9. The Morgan fingerprint density at radius 2 is 0.988 bits per heavy atom. The number of aliphatic hydroxyl groups is 1. The summed E-state index contributed by atoms with van der Waals surface area (Å²) in [5, 5.41) is 37.4. The van der Waals surface area contributed by atoms with Gasteiger partial charge in [0.05, 0.1) is 25.6 Å². The summed E-state index contributed by atoms with van der Waals surface area (Å²) in [7, 11) is 0. The Bertz CT molecular complexity index is 2770. The van der Waals surface area contributed by atoms with E-state index in [1.54, 1.807) is 60.7 Å². The molecule has 2 saturated heterocycles. The van der Waals surface area contributed by atoms with Gasteiger partial charge in [-0.1, -0.05) is 60.7 Å². The number of nitrogens with one attached hydrogen (secondary N) is 7. The van der Waals surface area contributed by atoms with Crippen LogP contribution in [-0.4, -0.2) is 197 Å². The van der Waals surface area contributed by atoms with Crippen LogP contribution in [0.2, 0.25) is 0 Å². The second-order valence-electron chi connectivity index (χ2n) is 20.6. The van der Waals surface area contributed by atoms with Crippen molar-refractivity contribution in [2.45, 2.75) is 138 Å². The quantitative estimate of drug-likeness (QED) is 0.0173. The van der Waals surface area contributed by atoms with Gasteiger partial charge in [0.1, 0.15) is 48.3 Å². The van der Waals surface area contributed by atoms with E-state index >= 15 is 0 Å². The number of hydrogen-bond acceptors (Lipinski definition) is 16. The molecule has 0 saturated carbocycles. The van der Waals surface area contributed by atoms with Gasteiger partial charge >= 0.3 is 5.97 Å². The molecule has 0 aromatic heterocycles. The number of carboxylic acid groups (broad SMARTS) is 1. The van der Waals surface area contributed by atoms with Crippen molar-refractivity contribution in [2.24, 2.45) is 50.1 Å². The lowest BCUT2D eigenvalue weighted by Crippen LogP contribution is -2.61. The number of hydrogen-bond donors (Lipinski definition) is 16. The number of aliphatic imine (C=N–C) groups is 2. The third-order valence-corrected chi connectivity index (χ3v) is 13.9. The molecule has 9 atom stereocenters. The van der Waals surface area contributed by atoms with Crippen LogP contribution in [0.1, 0.15) is 81.8 Å². The van der Waals surface area contributed by atoms with Crippen molar-refractivity contribution in [1.29, 1.82) is 0 Å². The number of aliphatic hydroxyl groups excluding tert-OH is 1. The van der Waals surface area contributed by atoms with Crippen LogP contribution in [0.5, 0.6) is 0 Å². The van der Waals surface area contributed by atoms with Gasteiger partial charge in [-0.25, -0.2) is 4.79 Å². The van der Waals surface area contributed by atoms with Crippen molar-refractivity contribution in [3.8, 4) is 0 Å². The Hall–Kier alpha value is -9.46. The minimum atomic E-state index is -1.80. The summed E-state index contributed by atoms with van der Waals surface area (Å²) in [5.74, 6) is -11.8. The van der Waals surface area contributed by atoms with Crippen molar-refractivity contribution in [2.75, 3.05) is 39.3 Å². The highest BCUT2D eigenvalue weighted by Crippen LogP contribution is 2.21. The first-order chi connectivity index (χ1) is 40.9. The second-order valence-corrected chi connectivity index (χ2v) is 20.6. The number of amides is 11. The molecule has 2 heterocycles. The zero-order valence-electron chi connectivity index (χ0n) is 47.5. The van der Waals surface area contributed by atoms with Crippen LogP contribution in [0.4, 0.5) is 0 Å². The normalized spacial score (nSPS) is 16.9. The van der Waals surface area contributed by atoms with Gasteiger partial charge in [-0.15, -0.1) is 0 Å². The fourth-order valence-electron chi connectivity index (χ4n) is 9.58. The molecule has 4 rings (SSSR count). The van der Waals surface area contributed by atoms with Crippen molar-refractivity contribution in [1.82, 2.24) is 47.0 Å². The summed E-state index contributed by atoms with van der Waals surface area (Å²) in [5.41, 5.74) is 39.6. The number of nitrogens with two attached hydrogens (primary N) is 7. The molecule has 0 bridgehead atoms. The molecule has 0 aliphatic carbocycles. The first-order valence-corrected chi connectivity index (χ1v) is 27.9. The molecule has 470 valence electrons. The lowest BCUT2D eigenvalue weighted by Gasteiger charge is -2.29. The largest absolute Gasteiger partial charge is 0.480 e. The monoisotopic (exact) mass is 1200 g/mol. The van der Waals surface area contributed by atoms with Gasteiger partial charge in [-0.2, -0.15) is 0 Å². The number of aliphatic carboxylic acids is 1. The summed E-state index contributed by atoms with van der Waals surface area (Å²) < 4.78 is 0. The molecular formula is C54H80N18O14. The Morgan fingerprint density at radius 1 is 0.535 bits per heavy atom. The smallest absolute Gasteiger partial charge is 0.326 e. The van der Waals surface area contributed by atoms with Crippen LogP contribution < -0.4 is 77.4 Å². The van der Waals surface area contributed by atoms with E-state index < -0.39 is 158 Å². The first-order valence-electron chi connectivity index (χ1n) is 27.9. The number of benzene rings is 2. The Balaban J connectivity index is 1.54. The van der Waals surface area contributed by atoms with E-state index in [0.717, 1.165) is 4.90 Å². The van der Waals surface area contributed by atoms with Crippen LogP contribution in [0.15, 0.2) is 70.6 Å². The Morgan fingerprint density at radius 3 is 1.49 bits per heavy atom. The molecule has 23 N–H and O–H groups in total. The summed E-state index contributed by atoms with van der Waals surface area (Å²) in [6, 6.07) is 3.64. The number of rotatable bonds is 35. The van der Waals surface area contributed by atoms with E-state index in [4.69, 9.17) is 40.1 Å². The molecule has 0 radical (unpaired) electrons. The van der Waals surface area contributed by atoms with Gasteiger partial charge in [-0.3, -0.25) is 62.7 Å². The minimum absolute atomic E-state index is 0.0250. The Kier molecular flexibility index (Phi) is 28.1. The second kappa shape index (κ2) is 35.0. The van der Waals surface area contributed by atoms with Crippen LogP contribution in [-0.2, 0) is 70.4 Å². The summed E-state index contributed by atoms with van der Waals surface area (Å²) in [6.45, 7) is -1.22. The van der Waals surface area contributed by atoms with Crippen molar-refractivity contribution in [3.05, 3.63) is 71.8 Å². The molecule has 2 aliphatic heterocycles. The number of guanidine groups is 2.